The number of nitrogens with one attached hydrogen (secondary N) is 2. The van der Waals surface area contributed by atoms with Crippen molar-refractivity contribution in [1.29, 1.82) is 5.26 Å². The van der Waals surface area contributed by atoms with Crippen LogP contribution in [-0.4, -0.2) is 71.2 Å². The number of aromatic nitrogens is 3. The first-order chi connectivity index (χ1) is 17.6. The highest BCUT2D eigenvalue weighted by Crippen LogP contribution is 2.32. The summed E-state index contributed by atoms with van der Waals surface area (Å²) in [6.45, 7) is 3.89. The van der Waals surface area contributed by atoms with Crippen molar-refractivity contribution in [2.24, 2.45) is 5.92 Å². The van der Waals surface area contributed by atoms with Crippen molar-refractivity contribution < 1.29 is 13.9 Å². The molecule has 10 nitrogen and oxygen atoms in total. The van der Waals surface area contributed by atoms with Crippen LogP contribution in [0.25, 0.3) is 0 Å². The predicted octanol–water partition coefficient (Wildman–Crippen LogP) is 2.85. The maximum atomic E-state index is 14.5. The SMILES string of the molecule is N#C/C(=C\C1CC1)C(=O)N1CCCC1CNc1nc(Nc2ccc(N3CCOCC3)nc2)ncc1F. The van der Waals surface area contributed by atoms with Crippen molar-refractivity contribution in [3.8, 4) is 6.07 Å². The number of morpholine rings is 1. The Morgan fingerprint density at radius 3 is 2.75 bits per heavy atom. The van der Waals surface area contributed by atoms with Gasteiger partial charge in [-0.05, 0) is 43.7 Å². The first-order valence-corrected chi connectivity index (χ1v) is 12.4. The summed E-state index contributed by atoms with van der Waals surface area (Å²) in [6.07, 6.45) is 8.26. The summed E-state index contributed by atoms with van der Waals surface area (Å²) < 4.78 is 19.8. The van der Waals surface area contributed by atoms with E-state index >= 15 is 0 Å². The Morgan fingerprint density at radius 1 is 1.19 bits per heavy atom. The van der Waals surface area contributed by atoms with Crippen LogP contribution in [0.3, 0.4) is 0 Å². The van der Waals surface area contributed by atoms with E-state index < -0.39 is 5.82 Å². The number of hydrogen-bond donors (Lipinski definition) is 2. The molecule has 1 aliphatic carbocycles. The molecule has 0 radical (unpaired) electrons. The molecule has 1 atom stereocenters. The zero-order chi connectivity index (χ0) is 24.9. The minimum atomic E-state index is -0.580. The van der Waals surface area contributed by atoms with Gasteiger partial charge in [-0.25, -0.2) is 14.4 Å². The highest BCUT2D eigenvalue weighted by molar-refractivity contribution is 5.97. The van der Waals surface area contributed by atoms with E-state index in [-0.39, 0.29) is 29.3 Å². The summed E-state index contributed by atoms with van der Waals surface area (Å²) in [7, 11) is 0. The number of likely N-dealkylation sites (tertiary alicyclic amines) is 1. The highest BCUT2D eigenvalue weighted by Gasteiger charge is 2.32. The van der Waals surface area contributed by atoms with Gasteiger partial charge in [-0.2, -0.15) is 10.2 Å². The van der Waals surface area contributed by atoms with Crippen molar-refractivity contribution >= 4 is 29.2 Å². The van der Waals surface area contributed by atoms with Gasteiger partial charge in [0.05, 0.1) is 31.3 Å². The first kappa shape index (κ1) is 23.9. The standard InChI is InChI=1S/C25H29FN8O2/c26-21-16-30-25(31-19-5-6-22(28-14-19)33-8-10-36-11-9-33)32-23(21)29-15-20-2-1-7-34(20)24(35)18(13-27)12-17-3-4-17/h5-6,12,14,16-17,20H,1-4,7-11,15H2,(H2,29,30,31,32)/b18-12+. The van der Waals surface area contributed by atoms with Crippen LogP contribution in [0.4, 0.5) is 27.7 Å². The van der Waals surface area contributed by atoms with Gasteiger partial charge >= 0.3 is 0 Å². The smallest absolute Gasteiger partial charge is 0.264 e. The Bertz CT molecular complexity index is 1160. The number of halogens is 1. The summed E-state index contributed by atoms with van der Waals surface area (Å²) in [4.78, 5) is 29.6. The number of amides is 1. The predicted molar refractivity (Wildman–Crippen MR) is 132 cm³/mol. The molecular formula is C25H29FN8O2. The van der Waals surface area contributed by atoms with Crippen LogP contribution in [-0.2, 0) is 9.53 Å². The number of anilines is 4. The molecule has 188 valence electrons. The van der Waals surface area contributed by atoms with Gasteiger partial charge in [0.25, 0.3) is 5.91 Å². The Balaban J connectivity index is 1.20. The summed E-state index contributed by atoms with van der Waals surface area (Å²) >= 11 is 0. The van der Waals surface area contributed by atoms with Crippen LogP contribution in [0, 0.1) is 23.1 Å². The third-order valence-corrected chi connectivity index (χ3v) is 6.60. The lowest BCUT2D eigenvalue weighted by atomic mass is 10.1. The highest BCUT2D eigenvalue weighted by atomic mass is 19.1. The second kappa shape index (κ2) is 10.9. The van der Waals surface area contributed by atoms with E-state index in [2.05, 4.69) is 36.6 Å². The van der Waals surface area contributed by atoms with Gasteiger partial charge in [0, 0.05) is 32.2 Å². The first-order valence-electron chi connectivity index (χ1n) is 12.4. The van der Waals surface area contributed by atoms with Crippen molar-refractivity contribution in [3.05, 3.63) is 42.0 Å². The molecule has 0 aromatic carbocycles. The van der Waals surface area contributed by atoms with Crippen molar-refractivity contribution in [1.82, 2.24) is 19.9 Å². The normalized spacial score (nSPS) is 20.2. The third-order valence-electron chi connectivity index (χ3n) is 6.60. The zero-order valence-electron chi connectivity index (χ0n) is 20.0. The Morgan fingerprint density at radius 2 is 2.03 bits per heavy atom. The molecular weight excluding hydrogens is 463 g/mol. The van der Waals surface area contributed by atoms with E-state index in [1.54, 1.807) is 17.2 Å². The van der Waals surface area contributed by atoms with E-state index in [1.165, 1.54) is 0 Å². The molecule has 0 spiro atoms. The van der Waals surface area contributed by atoms with Gasteiger partial charge < -0.3 is 25.2 Å². The fourth-order valence-corrected chi connectivity index (χ4v) is 4.46. The van der Waals surface area contributed by atoms with Crippen molar-refractivity contribution in [2.45, 2.75) is 31.7 Å². The molecule has 5 rings (SSSR count). The van der Waals surface area contributed by atoms with Crippen LogP contribution >= 0.6 is 0 Å². The molecule has 2 aliphatic heterocycles. The molecule has 36 heavy (non-hydrogen) atoms. The van der Waals surface area contributed by atoms with E-state index in [1.807, 2.05) is 12.1 Å². The van der Waals surface area contributed by atoms with Gasteiger partial charge in [0.1, 0.15) is 17.5 Å². The molecule has 2 aromatic heterocycles. The lowest BCUT2D eigenvalue weighted by Gasteiger charge is -2.27. The molecule has 3 fully saturated rings. The van der Waals surface area contributed by atoms with Gasteiger partial charge in [-0.15, -0.1) is 0 Å². The number of allylic oxidation sites excluding steroid dienone is 1. The lowest BCUT2D eigenvalue weighted by molar-refractivity contribution is -0.127. The van der Waals surface area contributed by atoms with Crippen LogP contribution in [0.15, 0.2) is 36.2 Å². The maximum Gasteiger partial charge on any atom is 0.264 e. The third kappa shape index (κ3) is 5.71. The average molecular weight is 493 g/mol. The lowest BCUT2D eigenvalue weighted by Crippen LogP contribution is -2.40. The minimum absolute atomic E-state index is 0.0544. The minimum Gasteiger partial charge on any atom is -0.378 e. The fourth-order valence-electron chi connectivity index (χ4n) is 4.46. The average Bonchev–Trinajstić information content (AvgIpc) is 3.62. The molecule has 2 saturated heterocycles. The quantitative estimate of drug-likeness (QED) is 0.423. The van der Waals surface area contributed by atoms with E-state index in [9.17, 15) is 14.4 Å². The number of carbonyl (C=O) groups is 1. The summed E-state index contributed by atoms with van der Waals surface area (Å²) in [6, 6.07) is 5.70. The van der Waals surface area contributed by atoms with Gasteiger partial charge in [0.15, 0.2) is 11.6 Å². The molecule has 1 unspecified atom stereocenters. The van der Waals surface area contributed by atoms with E-state index in [0.29, 0.717) is 37.9 Å². The topological polar surface area (TPSA) is 119 Å². The zero-order valence-corrected chi connectivity index (χ0v) is 20.0. The maximum absolute atomic E-state index is 14.5. The number of rotatable bonds is 8. The number of ether oxygens (including phenoxy) is 1. The monoisotopic (exact) mass is 492 g/mol. The van der Waals surface area contributed by atoms with Crippen LogP contribution < -0.4 is 15.5 Å². The molecule has 11 heteroatoms. The molecule has 1 amide bonds. The van der Waals surface area contributed by atoms with E-state index in [4.69, 9.17) is 4.74 Å². The number of pyridine rings is 1. The Hall–Kier alpha value is -3.78. The van der Waals surface area contributed by atoms with Crippen LogP contribution in [0.5, 0.6) is 0 Å². The van der Waals surface area contributed by atoms with Gasteiger partial charge in [-0.3, -0.25) is 4.79 Å². The largest absolute Gasteiger partial charge is 0.378 e. The second-order valence-corrected chi connectivity index (χ2v) is 9.22. The fraction of sp³-hybridized carbons (Fsp3) is 0.480. The molecule has 0 bridgehead atoms. The molecule has 2 aromatic rings. The van der Waals surface area contributed by atoms with E-state index in [0.717, 1.165) is 50.8 Å². The van der Waals surface area contributed by atoms with Crippen molar-refractivity contribution in [2.75, 3.05) is 54.9 Å². The Labute approximate surface area is 209 Å². The number of hydrogen-bond acceptors (Lipinski definition) is 9. The molecule has 3 aliphatic rings. The van der Waals surface area contributed by atoms with Crippen molar-refractivity contribution in [3.63, 3.8) is 0 Å². The summed E-state index contributed by atoms with van der Waals surface area (Å²) in [5, 5.41) is 15.5. The van der Waals surface area contributed by atoms with Gasteiger partial charge in [-0.1, -0.05) is 6.08 Å². The molecule has 2 N–H and O–H groups in total. The molecule has 1 saturated carbocycles. The number of carbonyl (C=O) groups excluding carboxylic acids is 1. The molecule has 4 heterocycles. The second-order valence-electron chi connectivity index (χ2n) is 9.22. The summed E-state index contributed by atoms with van der Waals surface area (Å²) in [5.74, 6) is 0.677. The van der Waals surface area contributed by atoms with Crippen LogP contribution in [0.1, 0.15) is 25.7 Å². The Kier molecular flexibility index (Phi) is 7.23. The number of nitriles is 1. The summed E-state index contributed by atoms with van der Waals surface area (Å²) in [5.41, 5.74) is 0.890. The number of nitrogens with zero attached hydrogens (tertiary/aromatic N) is 6. The van der Waals surface area contributed by atoms with Gasteiger partial charge in [0.2, 0.25) is 5.95 Å². The van der Waals surface area contributed by atoms with Crippen LogP contribution in [0.2, 0.25) is 0 Å².